The van der Waals surface area contributed by atoms with E-state index in [1.54, 1.807) is 6.92 Å². The molecule has 0 aromatic rings. The Kier molecular flexibility index (Phi) is 3.89. The highest BCUT2D eigenvalue weighted by molar-refractivity contribution is 5.83. The van der Waals surface area contributed by atoms with Crippen molar-refractivity contribution >= 4 is 5.91 Å². The molecule has 0 aromatic heterocycles. The van der Waals surface area contributed by atoms with Gasteiger partial charge in [-0.05, 0) is 39.2 Å². The van der Waals surface area contributed by atoms with Crippen molar-refractivity contribution in [3.05, 3.63) is 0 Å². The van der Waals surface area contributed by atoms with Gasteiger partial charge in [0.2, 0.25) is 0 Å². The maximum atomic E-state index is 12.8. The Labute approximate surface area is 127 Å². The molecule has 22 heavy (non-hydrogen) atoms. The smallest absolute Gasteiger partial charge is 0.377 e. The first-order valence-corrected chi connectivity index (χ1v) is 7.81. The second-order valence-corrected chi connectivity index (χ2v) is 6.78. The third-order valence-corrected chi connectivity index (χ3v) is 5.18. The fourth-order valence-electron chi connectivity index (χ4n) is 3.72. The largest absolute Gasteiger partial charge is 0.471 e. The molecule has 0 bridgehead atoms. The summed E-state index contributed by atoms with van der Waals surface area (Å²) in [5.41, 5.74) is -0.737. The maximum Gasteiger partial charge on any atom is 0.471 e. The van der Waals surface area contributed by atoms with Crippen molar-refractivity contribution in [3.8, 4) is 0 Å². The van der Waals surface area contributed by atoms with E-state index in [0.29, 0.717) is 19.4 Å². The van der Waals surface area contributed by atoms with Crippen LogP contribution >= 0.6 is 0 Å². The Morgan fingerprint density at radius 3 is 2.59 bits per heavy atom. The van der Waals surface area contributed by atoms with E-state index in [1.807, 2.05) is 4.90 Å². The van der Waals surface area contributed by atoms with Gasteiger partial charge in [-0.25, -0.2) is 0 Å². The van der Waals surface area contributed by atoms with Gasteiger partial charge in [-0.2, -0.15) is 13.2 Å². The molecule has 3 atom stereocenters. The van der Waals surface area contributed by atoms with Gasteiger partial charge in [0.15, 0.2) is 0 Å². The molecular formula is C14H22F3N3O2. The number of halogens is 3. The van der Waals surface area contributed by atoms with E-state index in [4.69, 9.17) is 0 Å². The number of carbonyl (C=O) groups excluding carboxylic acids is 1. The monoisotopic (exact) mass is 321 g/mol. The SMILES string of the molecule is C[C@H]1CN(C(=O)C(F)(F)F)C2(CC2)CN1[C@@H](O)[C@@H]1CCCN1. The topological polar surface area (TPSA) is 55.8 Å². The molecule has 1 saturated carbocycles. The van der Waals surface area contributed by atoms with E-state index in [1.165, 1.54) is 0 Å². The summed E-state index contributed by atoms with van der Waals surface area (Å²) in [5.74, 6) is -1.75. The second kappa shape index (κ2) is 5.35. The normalized spacial score (nSPS) is 33.2. The van der Waals surface area contributed by atoms with Gasteiger partial charge in [0.25, 0.3) is 0 Å². The molecule has 2 saturated heterocycles. The van der Waals surface area contributed by atoms with Gasteiger partial charge in [0, 0.05) is 25.2 Å². The highest BCUT2D eigenvalue weighted by Gasteiger charge is 2.60. The van der Waals surface area contributed by atoms with Gasteiger partial charge in [-0.1, -0.05) is 0 Å². The van der Waals surface area contributed by atoms with Crippen molar-refractivity contribution in [2.45, 2.75) is 62.6 Å². The Balaban J connectivity index is 1.73. The number of aliphatic hydroxyl groups excluding tert-OH is 1. The fourth-order valence-corrected chi connectivity index (χ4v) is 3.72. The van der Waals surface area contributed by atoms with Gasteiger partial charge in [0.1, 0.15) is 6.23 Å². The quantitative estimate of drug-likeness (QED) is 0.786. The number of rotatable bonds is 2. The summed E-state index contributed by atoms with van der Waals surface area (Å²) in [4.78, 5) is 14.5. The first-order chi connectivity index (χ1) is 10.2. The third kappa shape index (κ3) is 2.72. The van der Waals surface area contributed by atoms with E-state index in [9.17, 15) is 23.1 Å². The van der Waals surface area contributed by atoms with Gasteiger partial charge in [0.05, 0.1) is 5.54 Å². The highest BCUT2D eigenvalue weighted by Crippen LogP contribution is 2.47. The number of nitrogens with zero attached hydrogens (tertiary/aromatic N) is 2. The van der Waals surface area contributed by atoms with Crippen molar-refractivity contribution in [1.29, 1.82) is 0 Å². The lowest BCUT2D eigenvalue weighted by molar-refractivity contribution is -0.195. The Morgan fingerprint density at radius 2 is 2.09 bits per heavy atom. The molecule has 1 spiro atoms. The zero-order valence-corrected chi connectivity index (χ0v) is 12.6. The Bertz CT molecular complexity index is 447. The average Bonchev–Trinajstić information content (AvgIpc) is 3.00. The van der Waals surface area contributed by atoms with Crippen LogP contribution in [0.3, 0.4) is 0 Å². The molecule has 1 aliphatic carbocycles. The number of amides is 1. The number of hydrogen-bond acceptors (Lipinski definition) is 4. The fraction of sp³-hybridized carbons (Fsp3) is 0.929. The van der Waals surface area contributed by atoms with Crippen LogP contribution in [-0.4, -0.2) is 70.5 Å². The molecule has 0 unspecified atom stereocenters. The van der Waals surface area contributed by atoms with Crippen LogP contribution in [-0.2, 0) is 4.79 Å². The van der Waals surface area contributed by atoms with Crippen molar-refractivity contribution in [2.75, 3.05) is 19.6 Å². The maximum absolute atomic E-state index is 12.8. The molecule has 5 nitrogen and oxygen atoms in total. The number of nitrogens with one attached hydrogen (secondary N) is 1. The standard InChI is InChI=1S/C14H22F3N3O2/c1-9-7-20(12(22)14(15,16)17)13(4-5-13)8-19(9)11(21)10-3-2-6-18-10/h9-11,18,21H,2-8H2,1H3/t9-,10-,11-/m0/s1. The van der Waals surface area contributed by atoms with Crippen LogP contribution < -0.4 is 5.32 Å². The lowest BCUT2D eigenvalue weighted by Crippen LogP contribution is -2.66. The molecule has 2 heterocycles. The summed E-state index contributed by atoms with van der Waals surface area (Å²) in [6, 6.07) is -0.335. The molecular weight excluding hydrogens is 299 g/mol. The molecule has 8 heteroatoms. The van der Waals surface area contributed by atoms with E-state index < -0.39 is 23.9 Å². The Hall–Kier alpha value is -0.860. The van der Waals surface area contributed by atoms with E-state index in [0.717, 1.165) is 24.3 Å². The molecule has 126 valence electrons. The number of alkyl halides is 3. The van der Waals surface area contributed by atoms with Crippen LogP contribution in [0.1, 0.15) is 32.6 Å². The van der Waals surface area contributed by atoms with Crippen LogP contribution in [0.25, 0.3) is 0 Å². The number of piperazine rings is 1. The molecule has 2 N–H and O–H groups in total. The zero-order chi connectivity index (χ0) is 16.1. The molecule has 1 amide bonds. The highest BCUT2D eigenvalue weighted by atomic mass is 19.4. The molecule has 0 aromatic carbocycles. The molecule has 3 aliphatic rings. The predicted octanol–water partition coefficient (Wildman–Crippen LogP) is 0.684. The molecule has 3 rings (SSSR count). The minimum atomic E-state index is -4.83. The van der Waals surface area contributed by atoms with Gasteiger partial charge in [-0.3, -0.25) is 9.69 Å². The Morgan fingerprint density at radius 1 is 1.41 bits per heavy atom. The summed E-state index contributed by atoms with van der Waals surface area (Å²) in [5, 5.41) is 13.8. The first-order valence-electron chi connectivity index (χ1n) is 7.81. The first kappa shape index (κ1) is 16.0. The van der Waals surface area contributed by atoms with Crippen molar-refractivity contribution in [2.24, 2.45) is 0 Å². The lowest BCUT2D eigenvalue weighted by Gasteiger charge is -2.48. The van der Waals surface area contributed by atoms with Crippen LogP contribution in [0.5, 0.6) is 0 Å². The zero-order valence-electron chi connectivity index (χ0n) is 12.6. The third-order valence-electron chi connectivity index (χ3n) is 5.18. The van der Waals surface area contributed by atoms with Gasteiger partial charge in [-0.15, -0.1) is 0 Å². The molecule has 3 fully saturated rings. The molecule has 2 aliphatic heterocycles. The van der Waals surface area contributed by atoms with Crippen LogP contribution in [0.4, 0.5) is 13.2 Å². The molecule has 0 radical (unpaired) electrons. The summed E-state index contributed by atoms with van der Waals surface area (Å²) in [6.07, 6.45) is -2.54. The van der Waals surface area contributed by atoms with Gasteiger partial charge < -0.3 is 15.3 Å². The number of aliphatic hydroxyl groups is 1. The number of hydrogen-bond donors (Lipinski definition) is 2. The summed E-state index contributed by atoms with van der Waals surface area (Å²) in [7, 11) is 0. The average molecular weight is 321 g/mol. The second-order valence-electron chi connectivity index (χ2n) is 6.78. The summed E-state index contributed by atoms with van der Waals surface area (Å²) < 4.78 is 38.3. The minimum absolute atomic E-state index is 0.0160. The van der Waals surface area contributed by atoms with Gasteiger partial charge >= 0.3 is 12.1 Å². The van der Waals surface area contributed by atoms with Crippen LogP contribution in [0.2, 0.25) is 0 Å². The van der Waals surface area contributed by atoms with Crippen molar-refractivity contribution < 1.29 is 23.1 Å². The lowest BCUT2D eigenvalue weighted by atomic mass is 10.0. The van der Waals surface area contributed by atoms with Crippen LogP contribution in [0, 0.1) is 0 Å². The number of carbonyl (C=O) groups is 1. The predicted molar refractivity (Wildman–Crippen MR) is 72.9 cm³/mol. The van der Waals surface area contributed by atoms with E-state index in [-0.39, 0.29) is 18.6 Å². The van der Waals surface area contributed by atoms with E-state index in [2.05, 4.69) is 5.32 Å². The minimum Gasteiger partial charge on any atom is -0.377 e. The van der Waals surface area contributed by atoms with Crippen molar-refractivity contribution in [3.63, 3.8) is 0 Å². The van der Waals surface area contributed by atoms with E-state index >= 15 is 0 Å². The van der Waals surface area contributed by atoms with Crippen LogP contribution in [0.15, 0.2) is 0 Å². The van der Waals surface area contributed by atoms with Crippen molar-refractivity contribution in [1.82, 2.24) is 15.1 Å². The summed E-state index contributed by atoms with van der Waals surface area (Å²) >= 11 is 0. The summed E-state index contributed by atoms with van der Waals surface area (Å²) in [6.45, 7) is 2.95.